The fraction of sp³-hybridized carbons (Fsp3) is 1.00. The van der Waals surface area contributed by atoms with Crippen LogP contribution in [0.1, 0.15) is 0 Å². The number of rotatable bonds is 2. The van der Waals surface area contributed by atoms with Crippen LogP contribution < -0.4 is 0 Å². The summed E-state index contributed by atoms with van der Waals surface area (Å²) in [6.07, 6.45) is 1.66. The van der Waals surface area contributed by atoms with Crippen LogP contribution in [0.2, 0.25) is 0 Å². The SMILES string of the molecule is CSCB(F)F. The summed E-state index contributed by atoms with van der Waals surface area (Å²) in [4.78, 5) is 0. The van der Waals surface area contributed by atoms with Crippen molar-refractivity contribution in [3.05, 3.63) is 0 Å². The van der Waals surface area contributed by atoms with Gasteiger partial charge in [0.25, 0.3) is 0 Å². The van der Waals surface area contributed by atoms with Crippen molar-refractivity contribution in [2.75, 3.05) is 11.9 Å². The zero-order valence-electron chi connectivity index (χ0n) is 3.45. The normalized spacial score (nSPS) is 8.50. The molecule has 0 aromatic carbocycles. The largest absolute Gasteiger partial charge is 0.547 e. The minimum atomic E-state index is -2.14. The summed E-state index contributed by atoms with van der Waals surface area (Å²) in [5, 5.41) is 0. The van der Waals surface area contributed by atoms with Crippen LogP contribution >= 0.6 is 11.8 Å². The first-order chi connectivity index (χ1) is 2.77. The van der Waals surface area contributed by atoms with Gasteiger partial charge in [0.1, 0.15) is 0 Å². The first kappa shape index (κ1) is 6.27. The Bertz CT molecular complexity index is 32.7. The Hall–Kier alpha value is 0.275. The minimum absolute atomic E-state index is 0.0417. The number of hydrogen-bond acceptors (Lipinski definition) is 1. The molecule has 0 rings (SSSR count). The third-order valence-electron chi connectivity index (χ3n) is 0.293. The summed E-state index contributed by atoms with van der Waals surface area (Å²) < 4.78 is 22.0. The van der Waals surface area contributed by atoms with Crippen LogP contribution in [0.3, 0.4) is 0 Å². The third-order valence-corrected chi connectivity index (χ3v) is 0.878. The van der Waals surface area contributed by atoms with E-state index < -0.39 is 7.27 Å². The van der Waals surface area contributed by atoms with Crippen molar-refractivity contribution in [2.45, 2.75) is 0 Å². The lowest BCUT2D eigenvalue weighted by Gasteiger charge is -1.82. The molecule has 0 aromatic rings. The van der Waals surface area contributed by atoms with Gasteiger partial charge in [-0.05, 0) is 6.26 Å². The molecule has 0 atom stereocenters. The molecule has 0 bridgehead atoms. The summed E-state index contributed by atoms with van der Waals surface area (Å²) in [7, 11) is -2.14. The van der Waals surface area contributed by atoms with Crippen molar-refractivity contribution >= 4 is 19.0 Å². The van der Waals surface area contributed by atoms with Gasteiger partial charge < -0.3 is 0 Å². The highest BCUT2D eigenvalue weighted by atomic mass is 32.2. The van der Waals surface area contributed by atoms with Crippen molar-refractivity contribution in [3.63, 3.8) is 0 Å². The van der Waals surface area contributed by atoms with E-state index in [1.165, 1.54) is 0 Å². The van der Waals surface area contributed by atoms with Crippen LogP contribution in [0.5, 0.6) is 0 Å². The Morgan fingerprint density at radius 1 is 1.67 bits per heavy atom. The molecule has 0 aliphatic rings. The van der Waals surface area contributed by atoms with E-state index in [0.29, 0.717) is 0 Å². The van der Waals surface area contributed by atoms with Crippen LogP contribution in [0, 0.1) is 0 Å². The Kier molecular flexibility index (Phi) is 3.62. The highest BCUT2D eigenvalue weighted by Gasteiger charge is 2.08. The maximum Gasteiger partial charge on any atom is 0.547 e. The van der Waals surface area contributed by atoms with E-state index >= 15 is 0 Å². The Labute approximate surface area is 40.5 Å². The van der Waals surface area contributed by atoms with E-state index in [1.807, 2.05) is 0 Å². The molecule has 6 heavy (non-hydrogen) atoms. The van der Waals surface area contributed by atoms with Crippen LogP contribution in [-0.4, -0.2) is 19.2 Å². The van der Waals surface area contributed by atoms with Gasteiger partial charge >= 0.3 is 7.27 Å². The molecule has 0 saturated heterocycles. The smallest absolute Gasteiger partial charge is 0.286 e. The van der Waals surface area contributed by atoms with Gasteiger partial charge in [0.2, 0.25) is 0 Å². The van der Waals surface area contributed by atoms with Crippen LogP contribution in [0.15, 0.2) is 0 Å². The first-order valence-electron chi connectivity index (χ1n) is 1.54. The third kappa shape index (κ3) is 4.27. The van der Waals surface area contributed by atoms with E-state index in [1.54, 1.807) is 6.26 Å². The van der Waals surface area contributed by atoms with Gasteiger partial charge in [0, 0.05) is 5.65 Å². The molecule has 0 amide bonds. The standard InChI is InChI=1S/C2H5BF2S/c1-6-2-3(4)5/h2H2,1H3. The lowest BCUT2D eigenvalue weighted by molar-refractivity contribution is 0.671. The van der Waals surface area contributed by atoms with Gasteiger partial charge in [-0.3, -0.25) is 8.63 Å². The topological polar surface area (TPSA) is 0 Å². The zero-order chi connectivity index (χ0) is 4.99. The van der Waals surface area contributed by atoms with Crippen molar-refractivity contribution in [3.8, 4) is 0 Å². The minimum Gasteiger partial charge on any atom is -0.286 e. The second kappa shape index (κ2) is 3.46. The van der Waals surface area contributed by atoms with Gasteiger partial charge in [0.15, 0.2) is 0 Å². The molecule has 0 aliphatic carbocycles. The number of hydrogen-bond donors (Lipinski definition) is 0. The molecule has 0 N–H and O–H groups in total. The van der Waals surface area contributed by atoms with E-state index in [-0.39, 0.29) is 5.65 Å². The van der Waals surface area contributed by atoms with Gasteiger partial charge in [-0.2, -0.15) is 11.8 Å². The molecule has 0 nitrogen and oxygen atoms in total. The second-order valence-electron chi connectivity index (χ2n) is 0.846. The summed E-state index contributed by atoms with van der Waals surface area (Å²) >= 11 is 1.16. The quantitative estimate of drug-likeness (QED) is 0.483. The van der Waals surface area contributed by atoms with E-state index in [2.05, 4.69) is 0 Å². The molecule has 0 radical (unpaired) electrons. The van der Waals surface area contributed by atoms with Crippen LogP contribution in [-0.2, 0) is 0 Å². The molecule has 0 heterocycles. The maximum absolute atomic E-state index is 11.0. The molecule has 0 spiro atoms. The molecule has 36 valence electrons. The number of halogens is 2. The predicted octanol–water partition coefficient (Wildman–Crippen LogP) is 1.32. The average Bonchev–Trinajstić information content (AvgIpc) is 1.35. The number of thioether (sulfide) groups is 1. The molecule has 0 aromatic heterocycles. The monoisotopic (exact) mass is 110 g/mol. The van der Waals surface area contributed by atoms with E-state index in [0.717, 1.165) is 11.8 Å². The highest BCUT2D eigenvalue weighted by molar-refractivity contribution is 7.99. The lowest BCUT2D eigenvalue weighted by Crippen LogP contribution is -1.98. The zero-order valence-corrected chi connectivity index (χ0v) is 4.27. The fourth-order valence-electron chi connectivity index (χ4n) is 0.126. The van der Waals surface area contributed by atoms with Crippen molar-refractivity contribution < 1.29 is 8.63 Å². The van der Waals surface area contributed by atoms with Crippen LogP contribution in [0.25, 0.3) is 0 Å². The first-order valence-corrected chi connectivity index (χ1v) is 2.94. The van der Waals surface area contributed by atoms with Crippen molar-refractivity contribution in [1.29, 1.82) is 0 Å². The Morgan fingerprint density at radius 2 is 2.17 bits per heavy atom. The van der Waals surface area contributed by atoms with Gasteiger partial charge in [0.05, 0.1) is 0 Å². The van der Waals surface area contributed by atoms with E-state index in [9.17, 15) is 8.63 Å². The summed E-state index contributed by atoms with van der Waals surface area (Å²) in [5.74, 6) is 0. The molecular weight excluding hydrogens is 105 g/mol. The second-order valence-corrected chi connectivity index (χ2v) is 1.76. The summed E-state index contributed by atoms with van der Waals surface area (Å²) in [6.45, 7) is 0. The van der Waals surface area contributed by atoms with E-state index in [4.69, 9.17) is 0 Å². The van der Waals surface area contributed by atoms with Gasteiger partial charge in [-0.25, -0.2) is 0 Å². The highest BCUT2D eigenvalue weighted by Crippen LogP contribution is 1.96. The fourth-order valence-corrected chi connectivity index (χ4v) is 0.378. The molecule has 0 aliphatic heterocycles. The molecule has 4 heteroatoms. The van der Waals surface area contributed by atoms with Crippen LogP contribution in [0.4, 0.5) is 8.63 Å². The predicted molar refractivity (Wildman–Crippen MR) is 26.4 cm³/mol. The Morgan fingerprint density at radius 3 is 2.17 bits per heavy atom. The molecule has 0 saturated carbocycles. The summed E-state index contributed by atoms with van der Waals surface area (Å²) in [6, 6.07) is 0. The van der Waals surface area contributed by atoms with Crippen molar-refractivity contribution in [1.82, 2.24) is 0 Å². The van der Waals surface area contributed by atoms with Gasteiger partial charge in [-0.1, -0.05) is 0 Å². The summed E-state index contributed by atoms with van der Waals surface area (Å²) in [5.41, 5.74) is -0.0417. The molecule has 0 unspecified atom stereocenters. The lowest BCUT2D eigenvalue weighted by atomic mass is 10.1. The molecular formula is C2H5BF2S. The van der Waals surface area contributed by atoms with Gasteiger partial charge in [-0.15, -0.1) is 0 Å². The van der Waals surface area contributed by atoms with Crippen molar-refractivity contribution in [2.24, 2.45) is 0 Å². The maximum atomic E-state index is 11.0. The average molecular weight is 110 g/mol. The Balaban J connectivity index is 2.63. The molecule has 0 fully saturated rings.